The van der Waals surface area contributed by atoms with Gasteiger partial charge < -0.3 is 4.74 Å². The quantitative estimate of drug-likeness (QED) is 0.616. The molecule has 0 aliphatic rings. The van der Waals surface area contributed by atoms with E-state index >= 15 is 0 Å². The topological polar surface area (TPSA) is 50.1 Å². The van der Waals surface area contributed by atoms with Crippen LogP contribution in [-0.2, 0) is 4.74 Å². The lowest BCUT2D eigenvalue weighted by atomic mass is 10.0. The average molecular weight is 221 g/mol. The van der Waals surface area contributed by atoms with Gasteiger partial charge in [0.25, 0.3) is 0 Å². The molecule has 0 spiro atoms. The highest BCUT2D eigenvalue weighted by Gasteiger charge is 2.13. The van der Waals surface area contributed by atoms with Crippen LogP contribution in [0.5, 0.6) is 0 Å². The Morgan fingerprint density at radius 2 is 2.27 bits per heavy atom. The third kappa shape index (κ3) is 2.51. The Balaban J connectivity index is 3.24. The first kappa shape index (κ1) is 11.6. The van der Waals surface area contributed by atoms with Gasteiger partial charge >= 0.3 is 5.97 Å². The number of carbonyl (C=O) groups is 1. The van der Waals surface area contributed by atoms with Crippen LogP contribution in [0, 0.1) is 18.3 Å². The zero-order valence-corrected chi connectivity index (χ0v) is 9.47. The predicted octanol–water partition coefficient (Wildman–Crippen LogP) is 2.33. The zero-order chi connectivity index (χ0) is 11.4. The second kappa shape index (κ2) is 4.85. The molecule has 0 atom stereocenters. The van der Waals surface area contributed by atoms with E-state index in [0.29, 0.717) is 28.2 Å². The van der Waals surface area contributed by atoms with E-state index in [1.165, 1.54) is 0 Å². The third-order valence-electron chi connectivity index (χ3n) is 2.01. The van der Waals surface area contributed by atoms with Crippen LogP contribution in [0.15, 0.2) is 17.0 Å². The summed E-state index contributed by atoms with van der Waals surface area (Å²) in [4.78, 5) is 12.1. The molecule has 0 radical (unpaired) electrons. The Morgan fingerprint density at radius 1 is 1.60 bits per heavy atom. The van der Waals surface area contributed by atoms with Crippen molar-refractivity contribution < 1.29 is 9.53 Å². The molecule has 0 aromatic heterocycles. The summed E-state index contributed by atoms with van der Waals surface area (Å²) in [6.07, 6.45) is 0. The van der Waals surface area contributed by atoms with E-state index in [2.05, 4.69) is 12.6 Å². The van der Waals surface area contributed by atoms with Gasteiger partial charge in [-0.15, -0.1) is 12.6 Å². The summed E-state index contributed by atoms with van der Waals surface area (Å²) in [5.74, 6) is -0.414. The molecule has 0 saturated carbocycles. The molecule has 0 aliphatic heterocycles. The monoisotopic (exact) mass is 221 g/mol. The van der Waals surface area contributed by atoms with Crippen molar-refractivity contribution in [2.75, 3.05) is 6.61 Å². The van der Waals surface area contributed by atoms with Crippen LogP contribution in [0.2, 0.25) is 0 Å². The molecule has 0 N–H and O–H groups in total. The molecule has 0 heterocycles. The SMILES string of the molecule is CCOC(=O)c1cc(S)cc(C#N)c1C. The number of ether oxygens (including phenoxy) is 1. The van der Waals surface area contributed by atoms with Gasteiger partial charge in [-0.05, 0) is 31.5 Å². The summed E-state index contributed by atoms with van der Waals surface area (Å²) in [6.45, 7) is 3.78. The Morgan fingerprint density at radius 3 is 2.80 bits per heavy atom. The molecule has 0 unspecified atom stereocenters. The minimum absolute atomic E-state index is 0.316. The molecular weight excluding hydrogens is 210 g/mol. The summed E-state index contributed by atoms with van der Waals surface area (Å²) < 4.78 is 4.88. The van der Waals surface area contributed by atoms with Gasteiger partial charge in [0.15, 0.2) is 0 Å². The van der Waals surface area contributed by atoms with Crippen molar-refractivity contribution in [3.8, 4) is 6.07 Å². The summed E-state index contributed by atoms with van der Waals surface area (Å²) in [5, 5.41) is 8.84. The number of carbonyl (C=O) groups excluding carboxylic acids is 1. The first-order chi connectivity index (χ1) is 7.10. The van der Waals surface area contributed by atoms with Crippen LogP contribution in [0.4, 0.5) is 0 Å². The van der Waals surface area contributed by atoms with Crippen LogP contribution < -0.4 is 0 Å². The van der Waals surface area contributed by atoms with E-state index in [-0.39, 0.29) is 0 Å². The molecule has 1 aromatic carbocycles. The van der Waals surface area contributed by atoms with Crippen LogP contribution in [-0.4, -0.2) is 12.6 Å². The molecule has 1 aromatic rings. The number of hydrogen-bond donors (Lipinski definition) is 1. The minimum Gasteiger partial charge on any atom is -0.462 e. The number of benzene rings is 1. The third-order valence-corrected chi connectivity index (χ3v) is 2.27. The fourth-order valence-electron chi connectivity index (χ4n) is 1.24. The molecule has 0 amide bonds. The van der Waals surface area contributed by atoms with E-state index in [9.17, 15) is 4.79 Å². The Hall–Kier alpha value is -1.47. The first-order valence-electron chi connectivity index (χ1n) is 4.51. The highest BCUT2D eigenvalue weighted by atomic mass is 32.1. The van der Waals surface area contributed by atoms with Gasteiger partial charge in [0.05, 0.1) is 23.8 Å². The second-order valence-corrected chi connectivity index (χ2v) is 3.51. The van der Waals surface area contributed by atoms with Gasteiger partial charge in [-0.1, -0.05) is 0 Å². The van der Waals surface area contributed by atoms with Crippen molar-refractivity contribution in [3.63, 3.8) is 0 Å². The van der Waals surface area contributed by atoms with E-state index in [0.717, 1.165) is 0 Å². The van der Waals surface area contributed by atoms with Gasteiger partial charge in [0.1, 0.15) is 0 Å². The van der Waals surface area contributed by atoms with Crippen molar-refractivity contribution in [2.45, 2.75) is 18.7 Å². The lowest BCUT2D eigenvalue weighted by molar-refractivity contribution is 0.0525. The van der Waals surface area contributed by atoms with E-state index < -0.39 is 5.97 Å². The molecule has 1 rings (SSSR count). The van der Waals surface area contributed by atoms with Crippen molar-refractivity contribution in [3.05, 3.63) is 28.8 Å². The molecule has 0 aliphatic carbocycles. The minimum atomic E-state index is -0.414. The van der Waals surface area contributed by atoms with Crippen molar-refractivity contribution in [1.82, 2.24) is 0 Å². The standard InChI is InChI=1S/C11H11NO2S/c1-3-14-11(13)10-5-9(15)4-8(6-12)7(10)2/h4-5,15H,3H2,1-2H3. The maximum atomic E-state index is 11.5. The maximum Gasteiger partial charge on any atom is 0.338 e. The van der Waals surface area contributed by atoms with E-state index in [4.69, 9.17) is 10.00 Å². The lowest BCUT2D eigenvalue weighted by Crippen LogP contribution is -2.07. The predicted molar refractivity (Wildman–Crippen MR) is 59.1 cm³/mol. The van der Waals surface area contributed by atoms with Crippen LogP contribution >= 0.6 is 12.6 Å². The number of rotatable bonds is 2. The Kier molecular flexibility index (Phi) is 3.75. The number of nitriles is 1. The number of nitrogens with zero attached hydrogens (tertiary/aromatic N) is 1. The van der Waals surface area contributed by atoms with Crippen molar-refractivity contribution in [1.29, 1.82) is 5.26 Å². The van der Waals surface area contributed by atoms with Gasteiger partial charge in [-0.25, -0.2) is 4.79 Å². The van der Waals surface area contributed by atoms with Gasteiger partial charge in [-0.2, -0.15) is 5.26 Å². The summed E-state index contributed by atoms with van der Waals surface area (Å²) >= 11 is 4.13. The maximum absolute atomic E-state index is 11.5. The molecule has 15 heavy (non-hydrogen) atoms. The Bertz CT molecular complexity index is 435. The zero-order valence-electron chi connectivity index (χ0n) is 8.57. The molecule has 0 fully saturated rings. The van der Waals surface area contributed by atoms with Crippen LogP contribution in [0.1, 0.15) is 28.4 Å². The number of hydrogen-bond acceptors (Lipinski definition) is 4. The molecule has 78 valence electrons. The van der Waals surface area contributed by atoms with Gasteiger partial charge in [0.2, 0.25) is 0 Å². The molecule has 0 saturated heterocycles. The van der Waals surface area contributed by atoms with Crippen molar-refractivity contribution >= 4 is 18.6 Å². The second-order valence-electron chi connectivity index (χ2n) is 3.00. The van der Waals surface area contributed by atoms with E-state index in [1.54, 1.807) is 26.0 Å². The van der Waals surface area contributed by atoms with Gasteiger partial charge in [-0.3, -0.25) is 0 Å². The number of esters is 1. The molecule has 3 nitrogen and oxygen atoms in total. The van der Waals surface area contributed by atoms with E-state index in [1.807, 2.05) is 6.07 Å². The first-order valence-corrected chi connectivity index (χ1v) is 4.95. The largest absolute Gasteiger partial charge is 0.462 e. The number of thiol groups is 1. The Labute approximate surface area is 94.1 Å². The molecule has 0 bridgehead atoms. The van der Waals surface area contributed by atoms with Crippen molar-refractivity contribution in [2.24, 2.45) is 0 Å². The summed E-state index contributed by atoms with van der Waals surface area (Å²) in [6, 6.07) is 5.25. The highest BCUT2D eigenvalue weighted by Crippen LogP contribution is 2.19. The summed E-state index contributed by atoms with van der Waals surface area (Å²) in [7, 11) is 0. The molecule has 4 heteroatoms. The smallest absolute Gasteiger partial charge is 0.338 e. The lowest BCUT2D eigenvalue weighted by Gasteiger charge is -2.07. The fraction of sp³-hybridized carbons (Fsp3) is 0.273. The van der Waals surface area contributed by atoms with Gasteiger partial charge in [0, 0.05) is 4.90 Å². The normalized spacial score (nSPS) is 9.47. The highest BCUT2D eigenvalue weighted by molar-refractivity contribution is 7.80. The fourth-order valence-corrected chi connectivity index (χ4v) is 1.49. The van der Waals surface area contributed by atoms with Crippen LogP contribution in [0.25, 0.3) is 0 Å². The van der Waals surface area contributed by atoms with Crippen LogP contribution in [0.3, 0.4) is 0 Å². The average Bonchev–Trinajstić information content (AvgIpc) is 2.21. The molecular formula is C11H11NO2S. The summed E-state index contributed by atoms with van der Waals surface area (Å²) in [5.41, 5.74) is 1.49.